The van der Waals surface area contributed by atoms with Gasteiger partial charge in [-0.25, -0.2) is 0 Å². The van der Waals surface area contributed by atoms with Gasteiger partial charge in [-0.2, -0.15) is 0 Å². The summed E-state index contributed by atoms with van der Waals surface area (Å²) in [5.41, 5.74) is 1.72. The van der Waals surface area contributed by atoms with E-state index in [1.54, 1.807) is 0 Å². The molecule has 1 aliphatic carbocycles. The number of hydrogen-bond donors (Lipinski definition) is 1. The highest BCUT2D eigenvalue weighted by Crippen LogP contribution is 2.28. The lowest BCUT2D eigenvalue weighted by molar-refractivity contribution is 0.381. The minimum atomic E-state index is 0.292. The second-order valence-corrected chi connectivity index (χ2v) is 4.38. The van der Waals surface area contributed by atoms with Gasteiger partial charge in [-0.3, -0.25) is 0 Å². The fourth-order valence-corrected chi connectivity index (χ4v) is 1.81. The molecule has 0 aliphatic heterocycles. The minimum Gasteiger partial charge on any atom is -0.307 e. The Hall–Kier alpha value is 0.280. The first kappa shape index (κ1) is 10.4. The first-order valence-corrected chi connectivity index (χ1v) is 5.17. The fraction of sp³-hybridized carbons (Fsp3) is 0.778. The lowest BCUT2D eigenvalue weighted by Gasteiger charge is -2.24. The monoisotopic (exact) mass is 207 g/mol. The third-order valence-electron chi connectivity index (χ3n) is 2.51. The van der Waals surface area contributed by atoms with Crippen molar-refractivity contribution in [3.8, 4) is 0 Å². The quantitative estimate of drug-likeness (QED) is 0.750. The van der Waals surface area contributed by atoms with Gasteiger partial charge in [0.1, 0.15) is 0 Å². The summed E-state index contributed by atoms with van der Waals surface area (Å²) in [4.78, 5) is 0. The lowest BCUT2D eigenvalue weighted by Crippen LogP contribution is -2.40. The number of nitrogens with one attached hydrogen (secondary N) is 1. The van der Waals surface area contributed by atoms with Crippen molar-refractivity contribution in [1.82, 2.24) is 5.32 Å². The van der Waals surface area contributed by atoms with Crippen LogP contribution in [0.1, 0.15) is 32.6 Å². The highest BCUT2D eigenvalue weighted by molar-refractivity contribution is 6.36. The van der Waals surface area contributed by atoms with E-state index >= 15 is 0 Å². The Morgan fingerprint density at radius 1 is 1.50 bits per heavy atom. The van der Waals surface area contributed by atoms with E-state index in [1.807, 2.05) is 0 Å². The molecule has 0 aromatic rings. The molecule has 0 saturated heterocycles. The van der Waals surface area contributed by atoms with E-state index in [9.17, 15) is 0 Å². The first-order chi connectivity index (χ1) is 5.66. The Morgan fingerprint density at radius 3 is 2.58 bits per heavy atom. The molecular weight excluding hydrogens is 193 g/mol. The van der Waals surface area contributed by atoms with E-state index in [0.717, 1.165) is 0 Å². The van der Waals surface area contributed by atoms with Crippen LogP contribution >= 0.6 is 23.2 Å². The maximum atomic E-state index is 5.77. The maximum Gasteiger partial charge on any atom is 0.0432 e. The van der Waals surface area contributed by atoms with Crippen molar-refractivity contribution in [1.29, 1.82) is 0 Å². The highest BCUT2D eigenvalue weighted by atomic mass is 35.5. The fourth-order valence-electron chi connectivity index (χ4n) is 1.67. The van der Waals surface area contributed by atoms with Crippen molar-refractivity contribution in [2.75, 3.05) is 6.54 Å². The molecule has 0 bridgehead atoms. The second kappa shape index (κ2) is 4.50. The summed E-state index contributed by atoms with van der Waals surface area (Å²) >= 11 is 11.2. The van der Waals surface area contributed by atoms with E-state index in [1.165, 1.54) is 31.2 Å². The van der Waals surface area contributed by atoms with Gasteiger partial charge in [0.25, 0.3) is 0 Å². The van der Waals surface area contributed by atoms with Gasteiger partial charge in [-0.05, 0) is 19.8 Å². The molecule has 0 aromatic carbocycles. The van der Waals surface area contributed by atoms with Crippen molar-refractivity contribution in [3.05, 3.63) is 10.6 Å². The smallest absolute Gasteiger partial charge is 0.0432 e. The highest BCUT2D eigenvalue weighted by Gasteiger charge is 2.27. The van der Waals surface area contributed by atoms with Crippen LogP contribution < -0.4 is 5.32 Å². The molecular formula is C9H15Cl2N. The molecule has 0 unspecified atom stereocenters. The molecule has 1 nitrogen and oxygen atoms in total. The van der Waals surface area contributed by atoms with Gasteiger partial charge in [0.15, 0.2) is 0 Å². The van der Waals surface area contributed by atoms with Gasteiger partial charge in [0, 0.05) is 22.7 Å². The Labute approximate surface area is 84.1 Å². The predicted molar refractivity (Wildman–Crippen MR) is 54.7 cm³/mol. The molecule has 0 atom stereocenters. The molecule has 0 radical (unpaired) electrons. The molecule has 1 aliphatic rings. The summed E-state index contributed by atoms with van der Waals surface area (Å²) in [6.45, 7) is 2.94. The standard InChI is InChI=1S/C9H15Cl2N/c1-9(4-2-3-5-9)12-7-8(11)6-10/h6,12H,2-5,7H2,1H3/b8-6-. The van der Waals surface area contributed by atoms with Crippen LogP contribution in [0.3, 0.4) is 0 Å². The molecule has 0 amide bonds. The summed E-state index contributed by atoms with van der Waals surface area (Å²) in [5, 5.41) is 4.11. The third-order valence-corrected chi connectivity index (χ3v) is 3.13. The zero-order chi connectivity index (χ0) is 9.03. The average molecular weight is 208 g/mol. The summed E-state index contributed by atoms with van der Waals surface area (Å²) in [6, 6.07) is 0. The first-order valence-electron chi connectivity index (χ1n) is 4.36. The van der Waals surface area contributed by atoms with Crippen LogP contribution in [0.15, 0.2) is 10.6 Å². The Kier molecular flexibility index (Phi) is 3.88. The molecule has 1 N–H and O–H groups in total. The van der Waals surface area contributed by atoms with E-state index < -0.39 is 0 Å². The molecule has 0 aromatic heterocycles. The molecule has 0 heterocycles. The van der Waals surface area contributed by atoms with Gasteiger partial charge in [0.2, 0.25) is 0 Å². The molecule has 12 heavy (non-hydrogen) atoms. The molecule has 1 fully saturated rings. The molecule has 1 rings (SSSR count). The normalized spacial score (nSPS) is 23.1. The Morgan fingerprint density at radius 2 is 2.08 bits per heavy atom. The molecule has 0 spiro atoms. The topological polar surface area (TPSA) is 12.0 Å². The van der Waals surface area contributed by atoms with Gasteiger partial charge in [-0.1, -0.05) is 36.0 Å². The summed E-state index contributed by atoms with van der Waals surface area (Å²) < 4.78 is 0. The van der Waals surface area contributed by atoms with Crippen molar-refractivity contribution in [2.24, 2.45) is 0 Å². The Balaban J connectivity index is 2.30. The van der Waals surface area contributed by atoms with Crippen molar-refractivity contribution in [3.63, 3.8) is 0 Å². The van der Waals surface area contributed by atoms with Gasteiger partial charge < -0.3 is 5.32 Å². The van der Waals surface area contributed by atoms with E-state index in [2.05, 4.69) is 12.2 Å². The molecule has 3 heteroatoms. The molecule has 1 saturated carbocycles. The lowest BCUT2D eigenvalue weighted by atomic mass is 10.0. The van der Waals surface area contributed by atoms with Crippen LogP contribution in [0, 0.1) is 0 Å². The largest absolute Gasteiger partial charge is 0.307 e. The van der Waals surface area contributed by atoms with Crippen LogP contribution in [0.4, 0.5) is 0 Å². The SMILES string of the molecule is CC1(NC/C(Cl)=C/Cl)CCCC1. The van der Waals surface area contributed by atoms with Crippen LogP contribution in [-0.4, -0.2) is 12.1 Å². The number of rotatable bonds is 3. The van der Waals surface area contributed by atoms with E-state index in [0.29, 0.717) is 17.1 Å². The summed E-state index contributed by atoms with van der Waals surface area (Å²) in [5.74, 6) is 0. The van der Waals surface area contributed by atoms with Crippen LogP contribution in [-0.2, 0) is 0 Å². The van der Waals surface area contributed by atoms with Crippen molar-refractivity contribution in [2.45, 2.75) is 38.1 Å². The van der Waals surface area contributed by atoms with E-state index in [-0.39, 0.29) is 0 Å². The van der Waals surface area contributed by atoms with Gasteiger partial charge >= 0.3 is 0 Å². The minimum absolute atomic E-state index is 0.292. The van der Waals surface area contributed by atoms with Crippen molar-refractivity contribution >= 4 is 23.2 Å². The predicted octanol–water partition coefficient (Wildman–Crippen LogP) is 3.23. The number of hydrogen-bond acceptors (Lipinski definition) is 1. The Bertz CT molecular complexity index is 171. The van der Waals surface area contributed by atoms with Crippen LogP contribution in [0.5, 0.6) is 0 Å². The summed E-state index contributed by atoms with van der Waals surface area (Å²) in [6.07, 6.45) is 5.15. The zero-order valence-corrected chi connectivity index (χ0v) is 8.88. The maximum absolute atomic E-state index is 5.77. The average Bonchev–Trinajstić information content (AvgIpc) is 2.49. The molecule has 70 valence electrons. The van der Waals surface area contributed by atoms with Crippen LogP contribution in [0.25, 0.3) is 0 Å². The second-order valence-electron chi connectivity index (χ2n) is 3.68. The zero-order valence-electron chi connectivity index (χ0n) is 7.37. The van der Waals surface area contributed by atoms with Crippen LogP contribution in [0.2, 0.25) is 0 Å². The summed E-state index contributed by atoms with van der Waals surface area (Å²) in [7, 11) is 0. The van der Waals surface area contributed by atoms with Gasteiger partial charge in [0.05, 0.1) is 0 Å². The van der Waals surface area contributed by atoms with E-state index in [4.69, 9.17) is 23.2 Å². The van der Waals surface area contributed by atoms with Gasteiger partial charge in [-0.15, -0.1) is 0 Å². The van der Waals surface area contributed by atoms with Crippen molar-refractivity contribution < 1.29 is 0 Å². The number of halogens is 2. The third kappa shape index (κ3) is 2.96.